The first-order chi connectivity index (χ1) is 20.6. The number of hydrogen-bond donors (Lipinski definition) is 1. The summed E-state index contributed by atoms with van der Waals surface area (Å²) in [7, 11) is 0. The highest BCUT2D eigenvalue weighted by Gasteiger charge is 2.43. The lowest BCUT2D eigenvalue weighted by Crippen LogP contribution is -2.48. The van der Waals surface area contributed by atoms with Crippen molar-refractivity contribution < 1.29 is 26.7 Å². The van der Waals surface area contributed by atoms with Gasteiger partial charge in [0, 0.05) is 36.9 Å². The van der Waals surface area contributed by atoms with Gasteiger partial charge in [-0.2, -0.15) is 13.2 Å². The zero-order valence-corrected chi connectivity index (χ0v) is 24.4. The van der Waals surface area contributed by atoms with Gasteiger partial charge < -0.3 is 15.0 Å². The van der Waals surface area contributed by atoms with Gasteiger partial charge in [0.25, 0.3) is 0 Å². The molecule has 3 heterocycles. The van der Waals surface area contributed by atoms with E-state index in [0.29, 0.717) is 43.1 Å². The molecule has 3 aliphatic rings. The molecular weight excluding hydrogens is 561 g/mol. The first-order valence-corrected chi connectivity index (χ1v) is 15.2. The van der Waals surface area contributed by atoms with E-state index in [4.69, 9.17) is 4.74 Å². The van der Waals surface area contributed by atoms with Gasteiger partial charge in [-0.3, -0.25) is 4.90 Å². The van der Waals surface area contributed by atoms with Crippen LogP contribution in [0.3, 0.4) is 0 Å². The zero-order valence-electron chi connectivity index (χ0n) is 24.4. The van der Waals surface area contributed by atoms with Gasteiger partial charge in [-0.15, -0.1) is 0 Å². The Morgan fingerprint density at radius 2 is 1.67 bits per heavy atom. The molecule has 43 heavy (non-hydrogen) atoms. The summed E-state index contributed by atoms with van der Waals surface area (Å²) in [5, 5.41) is 3.48. The van der Waals surface area contributed by atoms with Gasteiger partial charge in [0.05, 0.1) is 12.6 Å². The molecule has 2 fully saturated rings. The first-order valence-electron chi connectivity index (χ1n) is 15.2. The number of benzene rings is 3. The van der Waals surface area contributed by atoms with Gasteiger partial charge in [0.2, 0.25) is 0 Å². The molecular formula is C34H38F5N3O. The Morgan fingerprint density at radius 3 is 2.33 bits per heavy atom. The van der Waals surface area contributed by atoms with Crippen LogP contribution < -0.4 is 15.0 Å². The quantitative estimate of drug-likeness (QED) is 0.299. The van der Waals surface area contributed by atoms with Crippen LogP contribution in [-0.2, 0) is 13.0 Å². The number of alkyl halides is 3. The highest BCUT2D eigenvalue weighted by molar-refractivity contribution is 5.53. The van der Waals surface area contributed by atoms with Gasteiger partial charge in [-0.25, -0.2) is 8.78 Å². The van der Waals surface area contributed by atoms with Crippen molar-refractivity contribution in [1.82, 2.24) is 10.2 Å². The number of nitrogens with zero attached hydrogens (tertiary/aromatic N) is 2. The Morgan fingerprint density at radius 1 is 0.953 bits per heavy atom. The van der Waals surface area contributed by atoms with Gasteiger partial charge >= 0.3 is 6.18 Å². The van der Waals surface area contributed by atoms with Crippen molar-refractivity contribution >= 4 is 5.69 Å². The standard InChI is InChI=1S/C34H38F5N3O/c1-23-16-25-17-27(43-20-24-6-3-2-4-7-24)8-9-28(25)32(42(23)22-34(37,38)39)31-29(35)18-26(19-30(31)36)41-14-11-33(12-15-41)10-5-13-40-21-33/h2-4,6-9,17-19,23,32,40H,5,10-16,20-22H2,1H3/t23-,32?/m1/s1. The van der Waals surface area contributed by atoms with E-state index in [1.54, 1.807) is 25.1 Å². The minimum Gasteiger partial charge on any atom is -0.489 e. The molecule has 0 aliphatic carbocycles. The second-order valence-electron chi connectivity index (χ2n) is 12.5. The normalized spacial score (nSPS) is 22.4. The van der Waals surface area contributed by atoms with Crippen molar-refractivity contribution in [3.63, 3.8) is 0 Å². The molecule has 0 amide bonds. The summed E-state index contributed by atoms with van der Waals surface area (Å²) in [6.07, 6.45) is -0.0697. The zero-order chi connectivity index (χ0) is 30.2. The van der Waals surface area contributed by atoms with Gasteiger partial charge in [0.15, 0.2) is 0 Å². The summed E-state index contributed by atoms with van der Waals surface area (Å²) in [5.74, 6) is -1.09. The van der Waals surface area contributed by atoms with Crippen LogP contribution >= 0.6 is 0 Å². The van der Waals surface area contributed by atoms with E-state index in [1.807, 2.05) is 35.2 Å². The molecule has 2 atom stereocenters. The van der Waals surface area contributed by atoms with Gasteiger partial charge in [0.1, 0.15) is 24.0 Å². The lowest BCUT2D eigenvalue weighted by Gasteiger charge is -2.45. The predicted molar refractivity (Wildman–Crippen MR) is 157 cm³/mol. The van der Waals surface area contributed by atoms with E-state index in [-0.39, 0.29) is 11.0 Å². The van der Waals surface area contributed by atoms with E-state index < -0.39 is 36.4 Å². The van der Waals surface area contributed by atoms with Crippen molar-refractivity contribution in [1.29, 1.82) is 0 Å². The average molecular weight is 600 g/mol. The molecule has 1 unspecified atom stereocenters. The molecule has 1 spiro atoms. The van der Waals surface area contributed by atoms with E-state index in [2.05, 4.69) is 5.32 Å². The molecule has 9 heteroatoms. The fraction of sp³-hybridized carbons (Fsp3) is 0.471. The number of halogens is 5. The lowest BCUT2D eigenvalue weighted by molar-refractivity contribution is -0.155. The Hall–Kier alpha value is -3.17. The highest BCUT2D eigenvalue weighted by atomic mass is 19.4. The highest BCUT2D eigenvalue weighted by Crippen LogP contribution is 2.44. The van der Waals surface area contributed by atoms with E-state index >= 15 is 8.78 Å². The maximum Gasteiger partial charge on any atom is 0.401 e. The van der Waals surface area contributed by atoms with Crippen molar-refractivity contribution in [2.45, 2.75) is 63.9 Å². The second kappa shape index (κ2) is 12.1. The fourth-order valence-corrected chi connectivity index (χ4v) is 7.21. The van der Waals surface area contributed by atoms with Crippen molar-refractivity contribution in [2.75, 3.05) is 37.6 Å². The summed E-state index contributed by atoms with van der Waals surface area (Å²) in [4.78, 5) is 3.17. The summed E-state index contributed by atoms with van der Waals surface area (Å²) >= 11 is 0. The molecule has 3 aromatic carbocycles. The molecule has 0 radical (unpaired) electrons. The van der Waals surface area contributed by atoms with Crippen molar-refractivity contribution in [3.8, 4) is 5.75 Å². The average Bonchev–Trinajstić information content (AvgIpc) is 2.98. The van der Waals surface area contributed by atoms with Crippen LogP contribution in [0.5, 0.6) is 5.75 Å². The Balaban J connectivity index is 1.30. The lowest BCUT2D eigenvalue weighted by atomic mass is 9.73. The molecule has 230 valence electrons. The molecule has 0 aromatic heterocycles. The molecule has 0 saturated carbocycles. The second-order valence-corrected chi connectivity index (χ2v) is 12.5. The number of ether oxygens (including phenoxy) is 1. The van der Waals surface area contributed by atoms with E-state index in [0.717, 1.165) is 49.9 Å². The molecule has 3 aliphatic heterocycles. The third-order valence-electron chi connectivity index (χ3n) is 9.52. The molecule has 6 rings (SSSR count). The van der Waals surface area contributed by atoms with Crippen molar-refractivity contribution in [2.24, 2.45) is 5.41 Å². The Bertz CT molecular complexity index is 1390. The minimum atomic E-state index is -4.53. The largest absolute Gasteiger partial charge is 0.489 e. The van der Waals surface area contributed by atoms with Crippen LogP contribution in [-0.4, -0.2) is 49.8 Å². The van der Waals surface area contributed by atoms with E-state index in [9.17, 15) is 13.2 Å². The summed E-state index contributed by atoms with van der Waals surface area (Å²) in [6, 6.07) is 15.5. The number of piperidine rings is 2. The van der Waals surface area contributed by atoms with Crippen LogP contribution in [0.1, 0.15) is 60.9 Å². The number of hydrogen-bond acceptors (Lipinski definition) is 4. The number of fused-ring (bicyclic) bond motifs is 1. The monoisotopic (exact) mass is 599 g/mol. The smallest absolute Gasteiger partial charge is 0.401 e. The molecule has 2 saturated heterocycles. The van der Waals surface area contributed by atoms with Gasteiger partial charge in [-0.05, 0) is 91.9 Å². The first kappa shape index (κ1) is 29.9. The predicted octanol–water partition coefficient (Wildman–Crippen LogP) is 7.41. The third kappa shape index (κ3) is 6.53. The third-order valence-corrected chi connectivity index (χ3v) is 9.52. The Kier molecular flexibility index (Phi) is 8.39. The maximum atomic E-state index is 16.0. The Labute approximate surface area is 249 Å². The van der Waals surface area contributed by atoms with Crippen LogP contribution in [0, 0.1) is 17.0 Å². The van der Waals surface area contributed by atoms with E-state index in [1.165, 1.54) is 17.0 Å². The summed E-state index contributed by atoms with van der Waals surface area (Å²) in [6.45, 7) is 4.11. The maximum absolute atomic E-state index is 16.0. The summed E-state index contributed by atoms with van der Waals surface area (Å²) < 4.78 is 79.4. The molecule has 0 bridgehead atoms. The number of anilines is 1. The number of nitrogens with one attached hydrogen (secondary N) is 1. The van der Waals surface area contributed by atoms with Crippen LogP contribution in [0.4, 0.5) is 27.6 Å². The van der Waals surface area contributed by atoms with Gasteiger partial charge in [-0.1, -0.05) is 36.4 Å². The fourth-order valence-electron chi connectivity index (χ4n) is 7.21. The van der Waals surface area contributed by atoms with Crippen LogP contribution in [0.2, 0.25) is 0 Å². The SMILES string of the molecule is C[C@@H]1Cc2cc(OCc3ccccc3)ccc2C(c2c(F)cc(N3CCC4(CCCNC4)CC3)cc2F)N1CC(F)(F)F. The molecule has 1 N–H and O–H groups in total. The van der Waals surface area contributed by atoms with Crippen LogP contribution in [0.15, 0.2) is 60.7 Å². The van der Waals surface area contributed by atoms with Crippen LogP contribution in [0.25, 0.3) is 0 Å². The topological polar surface area (TPSA) is 27.7 Å². The minimum absolute atomic E-state index is 0.232. The van der Waals surface area contributed by atoms with Crippen molar-refractivity contribution in [3.05, 3.63) is 94.6 Å². The number of rotatable bonds is 6. The molecule has 4 nitrogen and oxygen atoms in total. The molecule has 3 aromatic rings. The summed E-state index contributed by atoms with van der Waals surface area (Å²) in [5.41, 5.74) is 2.50.